The first-order chi connectivity index (χ1) is 12.3. The summed E-state index contributed by atoms with van der Waals surface area (Å²) in [6.45, 7) is 6.65. The van der Waals surface area contributed by atoms with E-state index in [4.69, 9.17) is 5.73 Å². The van der Waals surface area contributed by atoms with Crippen molar-refractivity contribution in [3.8, 4) is 0 Å². The van der Waals surface area contributed by atoms with Crippen molar-refractivity contribution in [3.63, 3.8) is 0 Å². The molecule has 2 N–H and O–H groups in total. The summed E-state index contributed by atoms with van der Waals surface area (Å²) in [6.07, 6.45) is 1.40. The Morgan fingerprint density at radius 3 is 2.77 bits per heavy atom. The van der Waals surface area contributed by atoms with Crippen LogP contribution in [-0.4, -0.2) is 27.3 Å². The number of aryl methyl sites for hydroxylation is 1. The van der Waals surface area contributed by atoms with Crippen molar-refractivity contribution >= 4 is 27.8 Å². The number of halogens is 2. The van der Waals surface area contributed by atoms with Gasteiger partial charge in [0.05, 0.1) is 23.0 Å². The summed E-state index contributed by atoms with van der Waals surface area (Å²) < 4.78 is 14.2. The number of hydrogen-bond acceptors (Lipinski definition) is 4. The smallest absolute Gasteiger partial charge is 0.258 e. The van der Waals surface area contributed by atoms with Crippen LogP contribution in [0.2, 0.25) is 0 Å². The Bertz CT molecular complexity index is 856. The van der Waals surface area contributed by atoms with E-state index in [-0.39, 0.29) is 23.7 Å². The first kappa shape index (κ1) is 18.8. The molecule has 3 rings (SSSR count). The highest BCUT2D eigenvalue weighted by Gasteiger charge is 2.36. The highest BCUT2D eigenvalue weighted by molar-refractivity contribution is 9.10. The zero-order chi connectivity index (χ0) is 19.0. The van der Waals surface area contributed by atoms with Gasteiger partial charge in [0.1, 0.15) is 5.82 Å². The van der Waals surface area contributed by atoms with E-state index in [2.05, 4.69) is 39.7 Å². The summed E-state index contributed by atoms with van der Waals surface area (Å²) in [4.78, 5) is 23.6. The topological polar surface area (TPSA) is 72.1 Å². The summed E-state index contributed by atoms with van der Waals surface area (Å²) >= 11 is 3.44. The molecular weight excluding hydrogens is 399 g/mol. The summed E-state index contributed by atoms with van der Waals surface area (Å²) in [6, 6.07) is 4.34. The average molecular weight is 421 g/mol. The fourth-order valence-corrected chi connectivity index (χ4v) is 3.98. The van der Waals surface area contributed by atoms with Gasteiger partial charge in [0.25, 0.3) is 5.91 Å². The van der Waals surface area contributed by atoms with Crippen molar-refractivity contribution in [1.82, 2.24) is 14.9 Å². The molecule has 5 nitrogen and oxygen atoms in total. The number of amides is 1. The molecule has 1 unspecified atom stereocenters. The second-order valence-corrected chi connectivity index (χ2v) is 7.91. The quantitative estimate of drug-likeness (QED) is 0.809. The van der Waals surface area contributed by atoms with Crippen LogP contribution >= 0.6 is 15.9 Å². The molecule has 2 heterocycles. The largest absolute Gasteiger partial charge is 0.368 e. The molecule has 7 heteroatoms. The van der Waals surface area contributed by atoms with Crippen LogP contribution in [-0.2, 0) is 6.42 Å². The number of carbonyl (C=O) groups is 1. The van der Waals surface area contributed by atoms with E-state index < -0.39 is 0 Å². The van der Waals surface area contributed by atoms with Crippen molar-refractivity contribution in [3.05, 3.63) is 51.0 Å². The minimum atomic E-state index is -0.320. The van der Waals surface area contributed by atoms with Crippen molar-refractivity contribution in [2.24, 2.45) is 5.92 Å². The van der Waals surface area contributed by atoms with Gasteiger partial charge in [0.15, 0.2) is 0 Å². The van der Waals surface area contributed by atoms with E-state index in [1.807, 2.05) is 4.90 Å². The standard InChI is InChI=1S/C19H22BrFN4O/c1-10(2)6-7-25-16(13-5-4-12(21)8-14(13)20)9-15-17(18(25)26)11(3)23-19(22)24-15/h4-5,8,10,16H,6-7,9H2,1-3H3,(H2,22,23,24). The maximum atomic E-state index is 13.5. The number of benzene rings is 1. The van der Waals surface area contributed by atoms with E-state index in [1.54, 1.807) is 13.0 Å². The van der Waals surface area contributed by atoms with Crippen LogP contribution in [0.5, 0.6) is 0 Å². The molecule has 1 aromatic carbocycles. The van der Waals surface area contributed by atoms with Gasteiger partial charge in [-0.15, -0.1) is 0 Å². The lowest BCUT2D eigenvalue weighted by Crippen LogP contribution is -2.42. The molecule has 0 radical (unpaired) electrons. The van der Waals surface area contributed by atoms with Crippen LogP contribution in [0.1, 0.15) is 53.6 Å². The molecule has 0 aliphatic carbocycles. The number of nitrogens with zero attached hydrogens (tertiary/aromatic N) is 3. The number of hydrogen-bond donors (Lipinski definition) is 1. The van der Waals surface area contributed by atoms with Crippen molar-refractivity contribution in [2.75, 3.05) is 12.3 Å². The Balaban J connectivity index is 2.09. The second kappa shape index (κ2) is 7.31. The van der Waals surface area contributed by atoms with Crippen molar-refractivity contribution in [2.45, 2.75) is 39.7 Å². The van der Waals surface area contributed by atoms with Gasteiger partial charge in [0, 0.05) is 17.4 Å². The molecule has 0 bridgehead atoms. The monoisotopic (exact) mass is 420 g/mol. The normalized spacial score (nSPS) is 16.9. The van der Waals surface area contributed by atoms with Gasteiger partial charge in [-0.1, -0.05) is 35.8 Å². The lowest BCUT2D eigenvalue weighted by Gasteiger charge is -2.37. The molecule has 1 aliphatic heterocycles. The fourth-order valence-electron chi connectivity index (χ4n) is 3.36. The van der Waals surface area contributed by atoms with Gasteiger partial charge < -0.3 is 10.6 Å². The Morgan fingerprint density at radius 2 is 2.12 bits per heavy atom. The minimum Gasteiger partial charge on any atom is -0.368 e. The lowest BCUT2D eigenvalue weighted by atomic mass is 9.91. The van der Waals surface area contributed by atoms with Gasteiger partial charge in [-0.05, 0) is 37.0 Å². The minimum absolute atomic E-state index is 0.0920. The maximum Gasteiger partial charge on any atom is 0.258 e. The lowest BCUT2D eigenvalue weighted by molar-refractivity contribution is 0.0631. The number of fused-ring (bicyclic) bond motifs is 1. The maximum absolute atomic E-state index is 13.5. The summed E-state index contributed by atoms with van der Waals surface area (Å²) in [5, 5.41) is 0. The fraction of sp³-hybridized carbons (Fsp3) is 0.421. The molecule has 1 aromatic heterocycles. The third-order valence-corrected chi connectivity index (χ3v) is 5.38. The number of aromatic nitrogens is 2. The Hall–Kier alpha value is -2.02. The Morgan fingerprint density at radius 1 is 1.38 bits per heavy atom. The molecular formula is C19H22BrFN4O. The van der Waals surface area contributed by atoms with Crippen LogP contribution in [0, 0.1) is 18.7 Å². The van der Waals surface area contributed by atoms with Crippen LogP contribution in [0.25, 0.3) is 0 Å². The van der Waals surface area contributed by atoms with E-state index in [0.29, 0.717) is 40.3 Å². The molecule has 2 aromatic rings. The van der Waals surface area contributed by atoms with Gasteiger partial charge in [0.2, 0.25) is 5.95 Å². The highest BCUT2D eigenvalue weighted by atomic mass is 79.9. The van der Waals surface area contributed by atoms with Crippen LogP contribution in [0.15, 0.2) is 22.7 Å². The van der Waals surface area contributed by atoms with E-state index >= 15 is 0 Å². The third kappa shape index (κ3) is 3.58. The van der Waals surface area contributed by atoms with Gasteiger partial charge >= 0.3 is 0 Å². The Kier molecular flexibility index (Phi) is 5.27. The number of anilines is 1. The Labute approximate surface area is 161 Å². The molecule has 0 spiro atoms. The molecule has 0 fully saturated rings. The van der Waals surface area contributed by atoms with Crippen LogP contribution in [0.3, 0.4) is 0 Å². The third-order valence-electron chi connectivity index (χ3n) is 4.69. The summed E-state index contributed by atoms with van der Waals surface area (Å²) in [5.41, 5.74) is 8.45. The number of carbonyl (C=O) groups excluding carboxylic acids is 1. The van der Waals surface area contributed by atoms with E-state index in [9.17, 15) is 9.18 Å². The molecule has 26 heavy (non-hydrogen) atoms. The van der Waals surface area contributed by atoms with Gasteiger partial charge in [-0.3, -0.25) is 4.79 Å². The molecule has 1 amide bonds. The summed E-state index contributed by atoms with van der Waals surface area (Å²) in [7, 11) is 0. The molecule has 138 valence electrons. The van der Waals surface area contributed by atoms with Crippen LogP contribution < -0.4 is 5.73 Å². The first-order valence-electron chi connectivity index (χ1n) is 8.66. The molecule has 0 saturated carbocycles. The average Bonchev–Trinajstić information content (AvgIpc) is 2.52. The highest BCUT2D eigenvalue weighted by Crippen LogP contribution is 2.37. The number of nitrogen functional groups attached to an aromatic ring is 1. The predicted octanol–water partition coefficient (Wildman–Crippen LogP) is 4.05. The van der Waals surface area contributed by atoms with Crippen molar-refractivity contribution in [1.29, 1.82) is 0 Å². The SMILES string of the molecule is Cc1nc(N)nc2c1C(=O)N(CCC(C)C)C(c1ccc(F)cc1Br)C2. The predicted molar refractivity (Wildman–Crippen MR) is 102 cm³/mol. The first-order valence-corrected chi connectivity index (χ1v) is 9.46. The molecule has 1 aliphatic rings. The number of nitrogens with two attached hydrogens (primary N) is 1. The zero-order valence-electron chi connectivity index (χ0n) is 15.1. The second-order valence-electron chi connectivity index (χ2n) is 7.06. The van der Waals surface area contributed by atoms with Gasteiger partial charge in [-0.25, -0.2) is 14.4 Å². The summed E-state index contributed by atoms with van der Waals surface area (Å²) in [5.74, 6) is 0.219. The number of rotatable bonds is 4. The van der Waals surface area contributed by atoms with Crippen molar-refractivity contribution < 1.29 is 9.18 Å². The van der Waals surface area contributed by atoms with Crippen LogP contribution in [0.4, 0.5) is 10.3 Å². The van der Waals surface area contributed by atoms with Gasteiger partial charge in [-0.2, -0.15) is 0 Å². The van der Waals surface area contributed by atoms with E-state index in [0.717, 1.165) is 12.0 Å². The zero-order valence-corrected chi connectivity index (χ0v) is 16.7. The van der Waals surface area contributed by atoms with E-state index in [1.165, 1.54) is 12.1 Å². The molecule has 0 saturated heterocycles. The molecule has 1 atom stereocenters.